The van der Waals surface area contributed by atoms with Crippen molar-refractivity contribution in [3.63, 3.8) is 0 Å². The van der Waals surface area contributed by atoms with Crippen molar-refractivity contribution in [2.75, 3.05) is 18.3 Å². The van der Waals surface area contributed by atoms with E-state index in [0.717, 1.165) is 37.4 Å². The molecule has 0 aromatic heterocycles. The molecule has 0 fully saturated rings. The third-order valence-electron chi connectivity index (χ3n) is 4.43. The molecule has 4 rings (SSSR count). The van der Waals surface area contributed by atoms with E-state index in [1.165, 1.54) is 0 Å². The van der Waals surface area contributed by atoms with E-state index in [-0.39, 0.29) is 6.03 Å². The molecule has 0 aliphatic carbocycles. The monoisotopic (exact) mass is 421 g/mol. The summed E-state index contributed by atoms with van der Waals surface area (Å²) in [4.78, 5) is 17.9. The highest BCUT2D eigenvalue weighted by Gasteiger charge is 2.28. The largest absolute Gasteiger partial charge is 0.497 e. The van der Waals surface area contributed by atoms with Crippen LogP contribution in [0.3, 0.4) is 0 Å². The zero-order valence-corrected chi connectivity index (χ0v) is 17.6. The second-order valence-corrected chi connectivity index (χ2v) is 8.15. The summed E-state index contributed by atoms with van der Waals surface area (Å²) in [6, 6.07) is 21.2. The average molecular weight is 422 g/mol. The van der Waals surface area contributed by atoms with Crippen molar-refractivity contribution in [2.24, 2.45) is 5.10 Å². The topological polar surface area (TPSA) is 53.9 Å². The molecule has 1 aliphatic rings. The van der Waals surface area contributed by atoms with E-state index in [0.29, 0.717) is 0 Å². The first-order valence-corrected chi connectivity index (χ1v) is 11.0. The first-order chi connectivity index (χ1) is 14.2. The van der Waals surface area contributed by atoms with Crippen LogP contribution in [0.2, 0.25) is 0 Å². The number of hydrazone groups is 1. The summed E-state index contributed by atoms with van der Waals surface area (Å²) in [7, 11) is 1.62. The van der Waals surface area contributed by atoms with E-state index in [1.807, 2.05) is 60.9 Å². The number of benzene rings is 3. The van der Waals surface area contributed by atoms with Gasteiger partial charge in [-0.2, -0.15) is 5.10 Å². The molecule has 2 amide bonds. The molecule has 5 nitrogen and oxygen atoms in total. The fraction of sp³-hybridized carbons (Fsp3) is 0.0909. The lowest BCUT2D eigenvalue weighted by molar-refractivity contribution is 0.249. The molecule has 3 aromatic carbocycles. The van der Waals surface area contributed by atoms with E-state index in [1.54, 1.807) is 41.7 Å². The molecule has 1 heterocycles. The number of para-hydroxylation sites is 1. The predicted octanol–water partition coefficient (Wildman–Crippen LogP) is 5.76. The van der Waals surface area contributed by atoms with Gasteiger partial charge < -0.3 is 4.74 Å². The van der Waals surface area contributed by atoms with Crippen molar-refractivity contribution in [3.8, 4) is 5.75 Å². The standard InChI is InChI=1S/C22H19N3O2S2/c1-27-16-9-7-15(8-10-16)14-23-24-22(26)25-18-5-3-4-6-20(18)29-21-12-11-17(28-2)13-19(21)25/h3-14H,1-2H3,(H,24,26)/b23-14+. The van der Waals surface area contributed by atoms with Crippen molar-refractivity contribution in [1.29, 1.82) is 0 Å². The number of carbonyl (C=O) groups is 1. The summed E-state index contributed by atoms with van der Waals surface area (Å²) in [5.41, 5.74) is 5.23. The highest BCUT2D eigenvalue weighted by molar-refractivity contribution is 8.00. The number of carbonyl (C=O) groups excluding carboxylic acids is 1. The number of anilines is 2. The molecule has 1 aliphatic heterocycles. The van der Waals surface area contributed by atoms with Crippen LogP contribution < -0.4 is 15.1 Å². The SMILES string of the molecule is COc1ccc(/C=N/NC(=O)N2c3ccccc3Sc3ccc(SC)cc32)cc1. The summed E-state index contributed by atoms with van der Waals surface area (Å²) in [6.45, 7) is 0. The molecule has 0 radical (unpaired) electrons. The predicted molar refractivity (Wildman–Crippen MR) is 120 cm³/mol. The summed E-state index contributed by atoms with van der Waals surface area (Å²) >= 11 is 3.31. The quantitative estimate of drug-likeness (QED) is 0.330. The first-order valence-electron chi connectivity index (χ1n) is 8.92. The number of rotatable bonds is 4. The highest BCUT2D eigenvalue weighted by atomic mass is 32.2. The van der Waals surface area contributed by atoms with Gasteiger partial charge in [-0.1, -0.05) is 23.9 Å². The van der Waals surface area contributed by atoms with E-state index in [9.17, 15) is 4.79 Å². The second kappa shape index (κ2) is 8.63. The summed E-state index contributed by atoms with van der Waals surface area (Å²) in [6.07, 6.45) is 3.64. The molecular formula is C22H19N3O2S2. The van der Waals surface area contributed by atoms with E-state index in [2.05, 4.69) is 22.7 Å². The van der Waals surface area contributed by atoms with Crippen LogP contribution >= 0.6 is 23.5 Å². The Kier molecular flexibility index (Phi) is 5.78. The molecule has 146 valence electrons. The Hall–Kier alpha value is -2.90. The molecule has 1 N–H and O–H groups in total. The van der Waals surface area contributed by atoms with Crippen LogP contribution in [0.25, 0.3) is 0 Å². The number of nitrogens with one attached hydrogen (secondary N) is 1. The molecule has 0 saturated carbocycles. The lowest BCUT2D eigenvalue weighted by atomic mass is 10.2. The number of fused-ring (bicyclic) bond motifs is 2. The van der Waals surface area contributed by atoms with Crippen molar-refractivity contribution < 1.29 is 9.53 Å². The van der Waals surface area contributed by atoms with Crippen LogP contribution in [-0.2, 0) is 0 Å². The first kappa shape index (κ1) is 19.4. The van der Waals surface area contributed by atoms with Gasteiger partial charge >= 0.3 is 6.03 Å². The summed E-state index contributed by atoms with van der Waals surface area (Å²) in [5.74, 6) is 0.773. The number of nitrogens with zero attached hydrogens (tertiary/aromatic N) is 2. The molecule has 7 heteroatoms. The Morgan fingerprint density at radius 1 is 1.07 bits per heavy atom. The Morgan fingerprint density at radius 3 is 2.59 bits per heavy atom. The maximum atomic E-state index is 13.1. The molecule has 0 bridgehead atoms. The number of amides is 2. The maximum Gasteiger partial charge on any atom is 0.346 e. The Bertz CT molecular complexity index is 1070. The zero-order chi connectivity index (χ0) is 20.2. The molecule has 0 unspecified atom stereocenters. The van der Waals surface area contributed by atoms with Crippen LogP contribution in [0.4, 0.5) is 16.2 Å². The van der Waals surface area contributed by atoms with Crippen LogP contribution in [0.1, 0.15) is 5.56 Å². The Morgan fingerprint density at radius 2 is 1.83 bits per heavy atom. The molecule has 3 aromatic rings. The van der Waals surface area contributed by atoms with Gasteiger partial charge in [-0.3, -0.25) is 4.90 Å². The van der Waals surface area contributed by atoms with Crippen molar-refractivity contribution in [3.05, 3.63) is 72.3 Å². The van der Waals surface area contributed by atoms with E-state index >= 15 is 0 Å². The number of hydrogen-bond acceptors (Lipinski definition) is 5. The summed E-state index contributed by atoms with van der Waals surface area (Å²) in [5, 5.41) is 4.14. The minimum absolute atomic E-state index is 0.304. The van der Waals surface area contributed by atoms with Gasteiger partial charge in [0.15, 0.2) is 0 Å². The molecule has 0 saturated heterocycles. The molecule has 0 atom stereocenters. The third-order valence-corrected chi connectivity index (χ3v) is 6.28. The number of thioether (sulfide) groups is 1. The van der Waals surface area contributed by atoms with Gasteiger partial charge in [0.25, 0.3) is 0 Å². The van der Waals surface area contributed by atoms with Gasteiger partial charge in [-0.15, -0.1) is 11.8 Å². The zero-order valence-electron chi connectivity index (χ0n) is 16.0. The van der Waals surface area contributed by atoms with Crippen LogP contribution in [0, 0.1) is 0 Å². The minimum Gasteiger partial charge on any atom is -0.497 e. The number of hydrogen-bond donors (Lipinski definition) is 1. The van der Waals surface area contributed by atoms with Crippen LogP contribution in [0.5, 0.6) is 5.75 Å². The van der Waals surface area contributed by atoms with Crippen LogP contribution in [0.15, 0.2) is 86.5 Å². The third kappa shape index (κ3) is 4.11. The lowest BCUT2D eigenvalue weighted by Gasteiger charge is -2.30. The second-order valence-electron chi connectivity index (χ2n) is 6.19. The fourth-order valence-corrected chi connectivity index (χ4v) is 4.45. The van der Waals surface area contributed by atoms with Gasteiger partial charge in [0.05, 0.1) is 24.7 Å². The molecular weight excluding hydrogens is 402 g/mol. The maximum absolute atomic E-state index is 13.1. The number of ether oxygens (including phenoxy) is 1. The number of methoxy groups -OCH3 is 1. The van der Waals surface area contributed by atoms with Gasteiger partial charge in [0, 0.05) is 14.7 Å². The molecule has 0 spiro atoms. The Labute approximate surface area is 178 Å². The Balaban J connectivity index is 1.61. The highest BCUT2D eigenvalue weighted by Crippen LogP contribution is 2.48. The van der Waals surface area contributed by atoms with Crippen molar-refractivity contribution in [1.82, 2.24) is 5.43 Å². The van der Waals surface area contributed by atoms with Gasteiger partial charge in [-0.25, -0.2) is 10.2 Å². The van der Waals surface area contributed by atoms with Crippen molar-refractivity contribution >= 4 is 47.1 Å². The van der Waals surface area contributed by atoms with Gasteiger partial charge in [0.1, 0.15) is 5.75 Å². The molecule has 29 heavy (non-hydrogen) atoms. The van der Waals surface area contributed by atoms with E-state index in [4.69, 9.17) is 4.74 Å². The van der Waals surface area contributed by atoms with Crippen molar-refractivity contribution in [2.45, 2.75) is 14.7 Å². The van der Waals surface area contributed by atoms with Gasteiger partial charge in [-0.05, 0) is 66.4 Å². The smallest absolute Gasteiger partial charge is 0.346 e. The fourth-order valence-electron chi connectivity index (χ4n) is 2.98. The van der Waals surface area contributed by atoms with E-state index < -0.39 is 0 Å². The normalized spacial score (nSPS) is 12.4. The van der Waals surface area contributed by atoms with Gasteiger partial charge in [0.2, 0.25) is 0 Å². The van der Waals surface area contributed by atoms with Crippen LogP contribution in [-0.4, -0.2) is 25.6 Å². The summed E-state index contributed by atoms with van der Waals surface area (Å²) < 4.78 is 5.15. The minimum atomic E-state index is -0.304. The average Bonchev–Trinajstić information content (AvgIpc) is 2.77. The lowest BCUT2D eigenvalue weighted by Crippen LogP contribution is -2.35. The number of urea groups is 1.